The molecule has 1 rings (SSSR count). The lowest BCUT2D eigenvalue weighted by Gasteiger charge is -2.32. The molecule has 15 heavy (non-hydrogen) atoms. The van der Waals surface area contributed by atoms with E-state index in [1.165, 1.54) is 45.2 Å². The van der Waals surface area contributed by atoms with Gasteiger partial charge in [-0.15, -0.1) is 0 Å². The maximum atomic E-state index is 5.58. The second kappa shape index (κ2) is 7.24. The molecule has 0 saturated heterocycles. The number of hydrogen-bond donors (Lipinski definition) is 1. The molecule has 0 heterocycles. The Kier molecular flexibility index (Phi) is 6.26. The second-order valence-corrected chi connectivity index (χ2v) is 5.23. The molecule has 0 aromatic heterocycles. The average Bonchev–Trinajstić information content (AvgIpc) is 2.25. The zero-order valence-electron chi connectivity index (χ0n) is 10.5. The molecule has 1 saturated carbocycles. The number of nitrogens with two attached hydrogens (primary N) is 1. The minimum atomic E-state index is 0.679. The predicted molar refractivity (Wildman–Crippen MR) is 67.0 cm³/mol. The summed E-state index contributed by atoms with van der Waals surface area (Å²) in [4.78, 5) is 2.61. The first-order valence-corrected chi connectivity index (χ1v) is 6.68. The summed E-state index contributed by atoms with van der Waals surface area (Å²) in [5.41, 5.74) is 5.58. The van der Waals surface area contributed by atoms with Crippen LogP contribution in [0, 0.1) is 5.92 Å². The molecule has 0 amide bonds. The van der Waals surface area contributed by atoms with Gasteiger partial charge < -0.3 is 10.6 Å². The highest BCUT2D eigenvalue weighted by molar-refractivity contribution is 4.72. The summed E-state index contributed by atoms with van der Waals surface area (Å²) in [7, 11) is 0. The van der Waals surface area contributed by atoms with E-state index in [4.69, 9.17) is 5.73 Å². The molecule has 0 aromatic rings. The van der Waals surface area contributed by atoms with Crippen LogP contribution in [0.5, 0.6) is 0 Å². The molecule has 0 spiro atoms. The lowest BCUT2D eigenvalue weighted by Crippen LogP contribution is -2.37. The van der Waals surface area contributed by atoms with Gasteiger partial charge in [-0.2, -0.15) is 0 Å². The molecule has 2 N–H and O–H groups in total. The summed E-state index contributed by atoms with van der Waals surface area (Å²) in [6, 6.07) is 0.679. The highest BCUT2D eigenvalue weighted by Gasteiger charge is 2.18. The molecule has 90 valence electrons. The standard InChI is InChI=1S/C13H28N2/c1-12(2)15(10-6-9-14)11-13-7-4-3-5-8-13/h12-13H,3-11,14H2,1-2H3. The number of hydrogen-bond acceptors (Lipinski definition) is 2. The Morgan fingerprint density at radius 3 is 2.40 bits per heavy atom. The van der Waals surface area contributed by atoms with Gasteiger partial charge in [0.05, 0.1) is 0 Å². The molecule has 0 aromatic carbocycles. The fraction of sp³-hybridized carbons (Fsp3) is 1.00. The van der Waals surface area contributed by atoms with E-state index >= 15 is 0 Å². The van der Waals surface area contributed by atoms with Gasteiger partial charge in [0.1, 0.15) is 0 Å². The predicted octanol–water partition coefficient (Wildman–Crippen LogP) is 2.63. The Bertz CT molecular complexity index is 151. The van der Waals surface area contributed by atoms with E-state index in [0.717, 1.165) is 18.9 Å². The maximum Gasteiger partial charge on any atom is 0.00387 e. The van der Waals surface area contributed by atoms with Crippen LogP contribution in [-0.4, -0.2) is 30.6 Å². The smallest absolute Gasteiger partial charge is 0.00387 e. The van der Waals surface area contributed by atoms with Crippen LogP contribution in [0.1, 0.15) is 52.4 Å². The van der Waals surface area contributed by atoms with E-state index in [-0.39, 0.29) is 0 Å². The first kappa shape index (κ1) is 13.0. The van der Waals surface area contributed by atoms with Crippen LogP contribution in [0.2, 0.25) is 0 Å². The van der Waals surface area contributed by atoms with Gasteiger partial charge >= 0.3 is 0 Å². The minimum Gasteiger partial charge on any atom is -0.330 e. The third-order valence-electron chi connectivity index (χ3n) is 3.60. The van der Waals surface area contributed by atoms with Crippen LogP contribution in [0.4, 0.5) is 0 Å². The van der Waals surface area contributed by atoms with Crippen molar-refractivity contribution in [2.75, 3.05) is 19.6 Å². The van der Waals surface area contributed by atoms with Gasteiger partial charge in [0.25, 0.3) is 0 Å². The van der Waals surface area contributed by atoms with Crippen LogP contribution in [0.15, 0.2) is 0 Å². The quantitative estimate of drug-likeness (QED) is 0.733. The van der Waals surface area contributed by atoms with Gasteiger partial charge in [0.2, 0.25) is 0 Å². The summed E-state index contributed by atoms with van der Waals surface area (Å²) in [5, 5.41) is 0. The van der Waals surface area contributed by atoms with Crippen LogP contribution in [0.25, 0.3) is 0 Å². The van der Waals surface area contributed by atoms with Crippen molar-refractivity contribution in [3.63, 3.8) is 0 Å². The summed E-state index contributed by atoms with van der Waals surface area (Å²) >= 11 is 0. The van der Waals surface area contributed by atoms with Crippen molar-refractivity contribution in [1.29, 1.82) is 0 Å². The van der Waals surface area contributed by atoms with Gasteiger partial charge in [-0.1, -0.05) is 19.3 Å². The van der Waals surface area contributed by atoms with Gasteiger partial charge in [0, 0.05) is 12.6 Å². The number of rotatable bonds is 6. The zero-order chi connectivity index (χ0) is 11.1. The van der Waals surface area contributed by atoms with Crippen molar-refractivity contribution >= 4 is 0 Å². The topological polar surface area (TPSA) is 29.3 Å². The molecule has 0 atom stereocenters. The molecule has 1 aliphatic rings. The van der Waals surface area contributed by atoms with E-state index in [0.29, 0.717) is 6.04 Å². The van der Waals surface area contributed by atoms with E-state index in [1.54, 1.807) is 0 Å². The molecule has 1 aliphatic carbocycles. The van der Waals surface area contributed by atoms with Crippen LogP contribution in [-0.2, 0) is 0 Å². The van der Waals surface area contributed by atoms with Crippen LogP contribution < -0.4 is 5.73 Å². The Morgan fingerprint density at radius 2 is 1.87 bits per heavy atom. The molecule has 0 aliphatic heterocycles. The van der Waals surface area contributed by atoms with Crippen LogP contribution in [0.3, 0.4) is 0 Å². The average molecular weight is 212 g/mol. The van der Waals surface area contributed by atoms with Crippen molar-refractivity contribution in [3.05, 3.63) is 0 Å². The molecule has 0 radical (unpaired) electrons. The fourth-order valence-corrected chi connectivity index (χ4v) is 2.56. The van der Waals surface area contributed by atoms with E-state index in [1.807, 2.05) is 0 Å². The fourth-order valence-electron chi connectivity index (χ4n) is 2.56. The molecular formula is C13H28N2. The van der Waals surface area contributed by atoms with E-state index in [9.17, 15) is 0 Å². The Labute approximate surface area is 95.2 Å². The van der Waals surface area contributed by atoms with E-state index < -0.39 is 0 Å². The van der Waals surface area contributed by atoms with Gasteiger partial charge in [-0.25, -0.2) is 0 Å². The van der Waals surface area contributed by atoms with Gasteiger partial charge in [-0.3, -0.25) is 0 Å². The lowest BCUT2D eigenvalue weighted by molar-refractivity contribution is 0.165. The summed E-state index contributed by atoms with van der Waals surface area (Å²) in [5.74, 6) is 0.957. The third kappa shape index (κ3) is 4.98. The molecule has 2 nitrogen and oxygen atoms in total. The molecular weight excluding hydrogens is 184 g/mol. The van der Waals surface area contributed by atoms with Crippen LogP contribution >= 0.6 is 0 Å². The monoisotopic (exact) mass is 212 g/mol. The first-order chi connectivity index (χ1) is 7.24. The molecule has 0 unspecified atom stereocenters. The lowest BCUT2D eigenvalue weighted by atomic mass is 9.88. The SMILES string of the molecule is CC(C)N(CCCN)CC1CCCCC1. The largest absolute Gasteiger partial charge is 0.330 e. The van der Waals surface area contributed by atoms with E-state index in [2.05, 4.69) is 18.7 Å². The summed E-state index contributed by atoms with van der Waals surface area (Å²) in [6.45, 7) is 7.93. The highest BCUT2D eigenvalue weighted by Crippen LogP contribution is 2.24. The minimum absolute atomic E-state index is 0.679. The van der Waals surface area contributed by atoms with Crippen molar-refractivity contribution in [2.45, 2.75) is 58.4 Å². The first-order valence-electron chi connectivity index (χ1n) is 6.68. The van der Waals surface area contributed by atoms with Crippen molar-refractivity contribution < 1.29 is 0 Å². The molecule has 0 bridgehead atoms. The third-order valence-corrected chi connectivity index (χ3v) is 3.60. The number of nitrogens with zero attached hydrogens (tertiary/aromatic N) is 1. The van der Waals surface area contributed by atoms with Gasteiger partial charge in [0.15, 0.2) is 0 Å². The second-order valence-electron chi connectivity index (χ2n) is 5.23. The maximum absolute atomic E-state index is 5.58. The normalized spacial score (nSPS) is 19.0. The zero-order valence-corrected chi connectivity index (χ0v) is 10.5. The summed E-state index contributed by atoms with van der Waals surface area (Å²) in [6.07, 6.45) is 8.41. The van der Waals surface area contributed by atoms with Crippen molar-refractivity contribution in [2.24, 2.45) is 11.7 Å². The molecule has 2 heteroatoms. The van der Waals surface area contributed by atoms with Crippen molar-refractivity contribution in [1.82, 2.24) is 4.90 Å². The Morgan fingerprint density at radius 1 is 1.20 bits per heavy atom. The van der Waals surface area contributed by atoms with Gasteiger partial charge in [-0.05, 0) is 52.1 Å². The Balaban J connectivity index is 2.28. The summed E-state index contributed by atoms with van der Waals surface area (Å²) < 4.78 is 0. The molecule has 1 fully saturated rings. The highest BCUT2D eigenvalue weighted by atomic mass is 15.1. The Hall–Kier alpha value is -0.0800. The van der Waals surface area contributed by atoms with Crippen molar-refractivity contribution in [3.8, 4) is 0 Å².